The van der Waals surface area contributed by atoms with Crippen LogP contribution < -0.4 is 4.72 Å². The molecule has 1 saturated carbocycles. The van der Waals surface area contributed by atoms with Crippen LogP contribution in [0.1, 0.15) is 50.1 Å². The Hall–Kier alpha value is -3.28. The summed E-state index contributed by atoms with van der Waals surface area (Å²) in [5.74, 6) is -0.114. The third kappa shape index (κ3) is 4.74. The van der Waals surface area contributed by atoms with Gasteiger partial charge in [-0.3, -0.25) is 9.20 Å². The van der Waals surface area contributed by atoms with E-state index in [1.165, 1.54) is 22.9 Å². The fourth-order valence-electron chi connectivity index (χ4n) is 4.19. The van der Waals surface area contributed by atoms with Crippen LogP contribution >= 0.6 is 11.3 Å². The molecular weight excluding hydrogens is 524 g/mol. The zero-order valence-corrected chi connectivity index (χ0v) is 21.6. The maximum Gasteiger partial charge on any atom is 0.291 e. The number of sulfonamides is 1. The highest BCUT2D eigenvalue weighted by molar-refractivity contribution is 7.89. The minimum Gasteiger partial charge on any atom is -0.338 e. The molecule has 37 heavy (non-hydrogen) atoms. The van der Waals surface area contributed by atoms with Gasteiger partial charge >= 0.3 is 0 Å². The predicted octanol–water partition coefficient (Wildman–Crippen LogP) is 3.40. The Morgan fingerprint density at radius 3 is 2.62 bits per heavy atom. The van der Waals surface area contributed by atoms with Crippen molar-refractivity contribution in [2.24, 2.45) is 5.92 Å². The minimum atomic E-state index is -4.11. The summed E-state index contributed by atoms with van der Waals surface area (Å²) in [6.45, 7) is 4.50. The lowest BCUT2D eigenvalue weighted by molar-refractivity contribution is -0.134. The monoisotopic (exact) mass is 547 g/mol. The molecule has 0 bridgehead atoms. The molecule has 0 aromatic carbocycles. The average Bonchev–Trinajstić information content (AvgIpc) is 3.26. The molecule has 1 aliphatic heterocycles. The van der Waals surface area contributed by atoms with Crippen LogP contribution in [0.4, 0.5) is 8.78 Å². The zero-order chi connectivity index (χ0) is 26.5. The highest BCUT2D eigenvalue weighted by Crippen LogP contribution is 2.37. The van der Waals surface area contributed by atoms with E-state index in [9.17, 15) is 27.3 Å². The molecule has 0 unspecified atom stereocenters. The number of imidazole rings is 1. The van der Waals surface area contributed by atoms with Crippen LogP contribution in [0, 0.1) is 17.2 Å². The van der Waals surface area contributed by atoms with Crippen molar-refractivity contribution in [2.75, 3.05) is 13.1 Å². The summed E-state index contributed by atoms with van der Waals surface area (Å²) in [6.07, 6.45) is 3.18. The van der Waals surface area contributed by atoms with Gasteiger partial charge in [-0.1, -0.05) is 31.3 Å². The SMILES string of the molecule is CC(C)C(=O)N1CC=C(c2cc(S(=O)(=O)NC3(C#N)CC3)cn3c(-c4nnc(C(F)F)s4)cnc23)CC1. The van der Waals surface area contributed by atoms with E-state index in [1.54, 1.807) is 4.90 Å². The Morgan fingerprint density at radius 1 is 1.30 bits per heavy atom. The lowest BCUT2D eigenvalue weighted by atomic mass is 9.99. The Bertz CT molecular complexity index is 1570. The molecule has 1 amide bonds. The number of hydrogen-bond donors (Lipinski definition) is 1. The van der Waals surface area contributed by atoms with Gasteiger partial charge in [-0.05, 0) is 30.9 Å². The molecule has 4 heterocycles. The van der Waals surface area contributed by atoms with Crippen LogP contribution in [0.15, 0.2) is 29.4 Å². The van der Waals surface area contributed by atoms with Gasteiger partial charge < -0.3 is 4.90 Å². The Labute approximate surface area is 215 Å². The van der Waals surface area contributed by atoms with Crippen molar-refractivity contribution in [3.63, 3.8) is 0 Å². The number of aromatic nitrogens is 4. The highest BCUT2D eigenvalue weighted by atomic mass is 32.2. The number of pyridine rings is 1. The van der Waals surface area contributed by atoms with E-state index in [2.05, 4.69) is 19.9 Å². The molecule has 2 aliphatic rings. The smallest absolute Gasteiger partial charge is 0.291 e. The first-order valence-corrected chi connectivity index (χ1v) is 13.9. The van der Waals surface area contributed by atoms with Gasteiger partial charge in [0.15, 0.2) is 10.0 Å². The van der Waals surface area contributed by atoms with Crippen LogP contribution in [0.2, 0.25) is 0 Å². The van der Waals surface area contributed by atoms with Gasteiger partial charge in [0, 0.05) is 30.8 Å². The molecule has 14 heteroatoms. The number of alkyl halides is 2. The molecule has 10 nitrogen and oxygen atoms in total. The number of halogens is 2. The molecule has 0 spiro atoms. The molecule has 3 aromatic rings. The third-order valence-corrected chi connectivity index (χ3v) is 8.85. The first-order valence-electron chi connectivity index (χ1n) is 11.6. The van der Waals surface area contributed by atoms with Crippen molar-refractivity contribution in [3.8, 4) is 16.8 Å². The molecule has 194 valence electrons. The number of rotatable bonds is 7. The Kier molecular flexibility index (Phi) is 6.33. The Morgan fingerprint density at radius 2 is 2.05 bits per heavy atom. The predicted molar refractivity (Wildman–Crippen MR) is 131 cm³/mol. The quantitative estimate of drug-likeness (QED) is 0.479. The number of nitrogens with zero attached hydrogens (tertiary/aromatic N) is 6. The summed E-state index contributed by atoms with van der Waals surface area (Å²) in [6, 6.07) is 3.52. The molecule has 0 atom stereocenters. The standard InChI is InChI=1S/C23H23F2N7O3S2/c1-13(2)22(33)31-7-3-14(4-8-31)16-9-15(37(34,35)30-23(12-26)5-6-23)11-32-17(10-27-19(16)32)20-28-29-21(36-20)18(24)25/h3,9-11,13,18,30H,4-8H2,1-2H3. The van der Waals surface area contributed by atoms with Crippen LogP contribution in [-0.2, 0) is 14.8 Å². The lowest BCUT2D eigenvalue weighted by Gasteiger charge is -2.28. The summed E-state index contributed by atoms with van der Waals surface area (Å²) in [4.78, 5) is 18.5. The summed E-state index contributed by atoms with van der Waals surface area (Å²) in [7, 11) is -4.11. The van der Waals surface area contributed by atoms with E-state index in [1.807, 2.05) is 26.0 Å². The van der Waals surface area contributed by atoms with Crippen molar-refractivity contribution in [2.45, 2.75) is 50.0 Å². The second-order valence-corrected chi connectivity index (χ2v) is 12.1. The fourth-order valence-corrected chi connectivity index (χ4v) is 6.29. The van der Waals surface area contributed by atoms with Crippen molar-refractivity contribution < 1.29 is 22.0 Å². The third-order valence-electron chi connectivity index (χ3n) is 6.39. The van der Waals surface area contributed by atoms with E-state index >= 15 is 0 Å². The van der Waals surface area contributed by atoms with Gasteiger partial charge in [0.25, 0.3) is 6.43 Å². The lowest BCUT2D eigenvalue weighted by Crippen LogP contribution is -2.37. The van der Waals surface area contributed by atoms with Crippen LogP contribution in [0.25, 0.3) is 21.9 Å². The number of carbonyl (C=O) groups excluding carboxylic acids is 1. The highest BCUT2D eigenvalue weighted by Gasteiger charge is 2.47. The largest absolute Gasteiger partial charge is 0.338 e. The van der Waals surface area contributed by atoms with Crippen LogP contribution in [0.3, 0.4) is 0 Å². The van der Waals surface area contributed by atoms with E-state index in [4.69, 9.17) is 0 Å². The molecule has 3 aromatic heterocycles. The molecule has 0 saturated heterocycles. The maximum atomic E-state index is 13.3. The van der Waals surface area contributed by atoms with Crippen molar-refractivity contribution in [1.29, 1.82) is 5.26 Å². The average molecular weight is 548 g/mol. The molecule has 1 fully saturated rings. The first kappa shape index (κ1) is 25.4. The number of fused-ring (bicyclic) bond motifs is 1. The number of carbonyl (C=O) groups is 1. The molecular formula is C23H23F2N7O3S2. The van der Waals surface area contributed by atoms with E-state index in [-0.39, 0.29) is 21.7 Å². The van der Waals surface area contributed by atoms with E-state index < -0.39 is 27.0 Å². The molecule has 0 radical (unpaired) electrons. The maximum absolute atomic E-state index is 13.3. The summed E-state index contributed by atoms with van der Waals surface area (Å²) < 4.78 is 56.9. The summed E-state index contributed by atoms with van der Waals surface area (Å²) in [5.41, 5.74) is 0.940. The number of nitriles is 1. The van der Waals surface area contributed by atoms with Gasteiger partial charge in [0.05, 0.1) is 17.2 Å². The van der Waals surface area contributed by atoms with Gasteiger partial charge in [0.2, 0.25) is 15.9 Å². The van der Waals surface area contributed by atoms with E-state index in [0.717, 1.165) is 5.57 Å². The second kappa shape index (κ2) is 9.23. The number of nitrogens with one attached hydrogen (secondary N) is 1. The topological polar surface area (TPSA) is 133 Å². The van der Waals surface area contributed by atoms with Gasteiger partial charge in [-0.2, -0.15) is 9.98 Å². The van der Waals surface area contributed by atoms with Gasteiger partial charge in [-0.15, -0.1) is 10.2 Å². The normalized spacial score (nSPS) is 17.3. The van der Waals surface area contributed by atoms with Crippen LogP contribution in [0.5, 0.6) is 0 Å². The minimum absolute atomic E-state index is 0.0291. The van der Waals surface area contributed by atoms with Crippen molar-refractivity contribution in [3.05, 3.63) is 35.1 Å². The Balaban J connectivity index is 1.62. The summed E-state index contributed by atoms with van der Waals surface area (Å²) >= 11 is 0.698. The first-order chi connectivity index (χ1) is 17.5. The van der Waals surface area contributed by atoms with Crippen molar-refractivity contribution >= 4 is 38.5 Å². The molecule has 1 aliphatic carbocycles. The number of hydrogen-bond acceptors (Lipinski definition) is 8. The fraction of sp³-hybridized carbons (Fsp3) is 0.435. The molecule has 1 N–H and O–H groups in total. The van der Waals surface area contributed by atoms with Gasteiger partial charge in [-0.25, -0.2) is 22.2 Å². The van der Waals surface area contributed by atoms with Gasteiger partial charge in [0.1, 0.15) is 16.9 Å². The van der Waals surface area contributed by atoms with E-state index in [0.29, 0.717) is 60.6 Å². The zero-order valence-electron chi connectivity index (χ0n) is 20.0. The summed E-state index contributed by atoms with van der Waals surface area (Å²) in [5, 5.41) is 16.5. The van der Waals surface area contributed by atoms with Crippen molar-refractivity contribution in [1.82, 2.24) is 29.2 Å². The number of amides is 1. The second-order valence-electron chi connectivity index (χ2n) is 9.39. The van der Waals surface area contributed by atoms with Crippen LogP contribution in [-0.4, -0.2) is 57.4 Å². The molecule has 5 rings (SSSR count).